The maximum Gasteiger partial charge on any atom is 0.278 e. The van der Waals surface area contributed by atoms with Crippen LogP contribution >= 0.6 is 0 Å². The van der Waals surface area contributed by atoms with E-state index >= 15 is 0 Å². The van der Waals surface area contributed by atoms with Gasteiger partial charge in [0.05, 0.1) is 6.54 Å². The quantitative estimate of drug-likeness (QED) is 0.448. The smallest absolute Gasteiger partial charge is 0.278 e. The molecule has 0 atom stereocenters. The van der Waals surface area contributed by atoms with Crippen molar-refractivity contribution in [1.82, 2.24) is 9.58 Å². The molecule has 2 heterocycles. The zero-order valence-corrected chi connectivity index (χ0v) is 20.8. The monoisotopic (exact) mass is 505 g/mol. The van der Waals surface area contributed by atoms with Gasteiger partial charge in [-0.25, -0.2) is 0 Å². The van der Waals surface area contributed by atoms with Crippen LogP contribution in [0.25, 0.3) is 0 Å². The summed E-state index contributed by atoms with van der Waals surface area (Å²) in [6.07, 6.45) is 3.45. The first-order valence-electron chi connectivity index (χ1n) is 13.0. The summed E-state index contributed by atoms with van der Waals surface area (Å²) in [5.74, 6) is 0.0454. The Kier molecular flexibility index (Phi) is 5.08. The van der Waals surface area contributed by atoms with Crippen molar-refractivity contribution in [2.45, 2.75) is 18.4 Å². The van der Waals surface area contributed by atoms with Gasteiger partial charge in [-0.05, 0) is 47.2 Å². The molecule has 0 radical (unpaired) electrons. The number of hydrogen-bond donors (Lipinski definition) is 1. The molecule has 7 rings (SSSR count). The summed E-state index contributed by atoms with van der Waals surface area (Å²) in [6, 6.07) is 27.8. The van der Waals surface area contributed by atoms with Crippen molar-refractivity contribution in [1.29, 1.82) is 0 Å². The number of rotatable bonds is 5. The van der Waals surface area contributed by atoms with Crippen LogP contribution in [0.4, 0.5) is 0 Å². The van der Waals surface area contributed by atoms with Gasteiger partial charge in [0.15, 0.2) is 11.4 Å². The Labute approximate surface area is 220 Å². The van der Waals surface area contributed by atoms with Crippen LogP contribution in [0.3, 0.4) is 0 Å². The zero-order chi connectivity index (χ0) is 25.9. The highest BCUT2D eigenvalue weighted by Crippen LogP contribution is 2.56. The molecule has 2 aliphatic carbocycles. The minimum absolute atomic E-state index is 0.00894. The van der Waals surface area contributed by atoms with Crippen LogP contribution in [-0.2, 0) is 18.4 Å². The number of aromatic nitrogens is 1. The second kappa shape index (κ2) is 8.52. The molecule has 0 fully saturated rings. The van der Waals surface area contributed by atoms with Gasteiger partial charge in [-0.1, -0.05) is 66.7 Å². The number of benzene rings is 3. The van der Waals surface area contributed by atoms with Gasteiger partial charge in [0.25, 0.3) is 5.91 Å². The molecule has 7 heteroatoms. The van der Waals surface area contributed by atoms with Crippen molar-refractivity contribution in [3.63, 3.8) is 0 Å². The van der Waals surface area contributed by atoms with Crippen molar-refractivity contribution >= 4 is 5.91 Å². The van der Waals surface area contributed by atoms with Crippen LogP contribution in [0.2, 0.25) is 0 Å². The number of aromatic hydroxyl groups is 1. The second-order valence-corrected chi connectivity index (χ2v) is 10.2. The fourth-order valence-electron chi connectivity index (χ4n) is 6.72. The van der Waals surface area contributed by atoms with E-state index < -0.39 is 22.6 Å². The molecular formula is C31H27N3O4. The second-order valence-electron chi connectivity index (χ2n) is 10.2. The molecule has 0 saturated heterocycles. The lowest BCUT2D eigenvalue weighted by Gasteiger charge is -2.50. The van der Waals surface area contributed by atoms with E-state index in [1.54, 1.807) is 15.8 Å². The number of nitrogens with zero attached hydrogens (tertiary/aromatic N) is 3. The Morgan fingerprint density at radius 1 is 0.842 bits per heavy atom. The summed E-state index contributed by atoms with van der Waals surface area (Å²) in [5.41, 5.74) is 3.85. The average Bonchev–Trinajstić information content (AvgIpc) is 3.44. The molecule has 3 aromatic carbocycles. The molecular weight excluding hydrogens is 478 g/mol. The molecule has 1 aromatic heterocycles. The summed E-state index contributed by atoms with van der Waals surface area (Å²) in [4.78, 5) is 27.9. The third-order valence-electron chi connectivity index (χ3n) is 8.27. The Balaban J connectivity index is 1.37. The highest BCUT2D eigenvalue weighted by Gasteiger charge is 2.58. The molecule has 38 heavy (non-hydrogen) atoms. The zero-order valence-electron chi connectivity index (χ0n) is 20.8. The number of carbonyl (C=O) groups excluding carboxylic acids is 1. The van der Waals surface area contributed by atoms with Crippen molar-refractivity contribution in [2.75, 3.05) is 24.8 Å². The highest BCUT2D eigenvalue weighted by molar-refractivity contribution is 5.96. The van der Waals surface area contributed by atoms with E-state index in [2.05, 4.69) is 53.5 Å². The van der Waals surface area contributed by atoms with Crippen LogP contribution in [0, 0.1) is 5.92 Å². The van der Waals surface area contributed by atoms with E-state index in [-0.39, 0.29) is 24.9 Å². The normalized spacial score (nSPS) is 21.1. The average molecular weight is 506 g/mol. The molecule has 0 unspecified atom stereocenters. The molecule has 4 aromatic rings. The Hall–Kier alpha value is -4.52. The predicted octanol–water partition coefficient (Wildman–Crippen LogP) is 3.66. The van der Waals surface area contributed by atoms with Crippen LogP contribution in [0.15, 0.2) is 95.9 Å². The minimum Gasteiger partial charge on any atom is -0.502 e. The fourth-order valence-corrected chi connectivity index (χ4v) is 6.72. The van der Waals surface area contributed by atoms with Crippen molar-refractivity contribution in [2.24, 2.45) is 5.92 Å². The molecule has 0 spiro atoms. The molecule has 1 amide bonds. The Bertz CT molecular complexity index is 1560. The van der Waals surface area contributed by atoms with Crippen LogP contribution in [0.1, 0.15) is 32.7 Å². The van der Waals surface area contributed by atoms with Gasteiger partial charge in [0, 0.05) is 18.2 Å². The number of carbonyl (C=O) groups is 1. The third kappa shape index (κ3) is 3.14. The number of hydrogen-bond acceptors (Lipinski definition) is 5. The molecule has 1 N–H and O–H groups in total. The van der Waals surface area contributed by atoms with Crippen LogP contribution in [0.5, 0.6) is 11.5 Å². The highest BCUT2D eigenvalue weighted by atomic mass is 16.5. The lowest BCUT2D eigenvalue weighted by molar-refractivity contribution is 0.0616. The van der Waals surface area contributed by atoms with Crippen LogP contribution in [-0.4, -0.2) is 40.4 Å². The SMILES string of the molecule is O=C1c2c(O)c(=O)ccn2N(C23c4ccccc4CC2Cc2ccccc23)CN1CCOc1ccccc1. The van der Waals surface area contributed by atoms with E-state index in [4.69, 9.17) is 4.74 Å². The summed E-state index contributed by atoms with van der Waals surface area (Å²) >= 11 is 0. The first kappa shape index (κ1) is 22.7. The van der Waals surface area contributed by atoms with E-state index in [0.717, 1.165) is 18.6 Å². The largest absolute Gasteiger partial charge is 0.502 e. The molecule has 3 aliphatic rings. The topological polar surface area (TPSA) is 75.0 Å². The number of pyridine rings is 1. The van der Waals surface area contributed by atoms with E-state index in [9.17, 15) is 14.7 Å². The van der Waals surface area contributed by atoms with Gasteiger partial charge in [0.1, 0.15) is 24.6 Å². The van der Waals surface area contributed by atoms with Gasteiger partial charge < -0.3 is 14.7 Å². The van der Waals surface area contributed by atoms with E-state index in [0.29, 0.717) is 6.54 Å². The lowest BCUT2D eigenvalue weighted by atomic mass is 9.81. The minimum atomic E-state index is -0.570. The summed E-state index contributed by atoms with van der Waals surface area (Å²) in [7, 11) is 0. The first-order chi connectivity index (χ1) is 18.6. The van der Waals surface area contributed by atoms with Crippen molar-refractivity contribution in [3.8, 4) is 11.5 Å². The van der Waals surface area contributed by atoms with Gasteiger partial charge in [-0.3, -0.25) is 19.3 Å². The first-order valence-corrected chi connectivity index (χ1v) is 13.0. The molecule has 0 bridgehead atoms. The maximum atomic E-state index is 13.7. The predicted molar refractivity (Wildman–Crippen MR) is 143 cm³/mol. The van der Waals surface area contributed by atoms with E-state index in [1.165, 1.54) is 28.3 Å². The van der Waals surface area contributed by atoms with Gasteiger partial charge in [-0.15, -0.1) is 0 Å². The third-order valence-corrected chi connectivity index (χ3v) is 8.27. The van der Waals surface area contributed by atoms with E-state index in [1.807, 2.05) is 30.3 Å². The number of para-hydroxylation sites is 1. The fraction of sp³-hybridized carbons (Fsp3) is 0.226. The van der Waals surface area contributed by atoms with Crippen molar-refractivity contribution in [3.05, 3.63) is 129 Å². The number of amides is 1. The maximum absolute atomic E-state index is 13.7. The van der Waals surface area contributed by atoms with Gasteiger partial charge in [-0.2, -0.15) is 0 Å². The number of ether oxygens (including phenoxy) is 1. The number of fused-ring (bicyclic) bond motifs is 6. The molecule has 7 nitrogen and oxygen atoms in total. The van der Waals surface area contributed by atoms with Crippen LogP contribution < -0.4 is 15.2 Å². The van der Waals surface area contributed by atoms with Gasteiger partial charge in [0.2, 0.25) is 5.43 Å². The standard InChI is InChI=1S/C31H27N3O4/c35-27-14-15-33-28(29(27)36)30(37)32(16-17-38-24-10-2-1-3-11-24)20-34(33)31-23(18-21-8-4-6-12-25(21)31)19-22-9-5-7-13-26(22)31/h1-15,23,36H,16-20H2. The van der Waals surface area contributed by atoms with Crippen molar-refractivity contribution < 1.29 is 14.6 Å². The molecule has 190 valence electrons. The lowest BCUT2D eigenvalue weighted by Crippen LogP contribution is -2.63. The summed E-state index contributed by atoms with van der Waals surface area (Å²) < 4.78 is 7.63. The van der Waals surface area contributed by atoms with Gasteiger partial charge >= 0.3 is 0 Å². The Morgan fingerprint density at radius 2 is 1.47 bits per heavy atom. The molecule has 1 aliphatic heterocycles. The summed E-state index contributed by atoms with van der Waals surface area (Å²) in [6.45, 7) is 0.868. The Morgan fingerprint density at radius 3 is 2.16 bits per heavy atom. The molecule has 0 saturated carbocycles. The summed E-state index contributed by atoms with van der Waals surface area (Å²) in [5, 5.41) is 13.1.